The predicted molar refractivity (Wildman–Crippen MR) is 132 cm³/mol. The summed E-state index contributed by atoms with van der Waals surface area (Å²) in [5.74, 6) is 3.01. The molecular formula is C16H32BO12P3S2. The second-order valence-electron chi connectivity index (χ2n) is 9.11. The molecule has 0 amide bonds. The Hall–Kier alpha value is 0.655. The molecule has 1 aliphatic rings. The van der Waals surface area contributed by atoms with Crippen LogP contribution >= 0.6 is 45.1 Å². The lowest BCUT2D eigenvalue weighted by molar-refractivity contribution is -0.0237. The summed E-state index contributed by atoms with van der Waals surface area (Å²) >= 11 is 0. The van der Waals surface area contributed by atoms with Gasteiger partial charge in [0.25, 0.3) is 0 Å². The molecule has 0 aromatic rings. The highest BCUT2D eigenvalue weighted by molar-refractivity contribution is 8.77. The second kappa shape index (κ2) is 12.9. The van der Waals surface area contributed by atoms with Crippen LogP contribution in [-0.4, -0.2) is 62.9 Å². The van der Waals surface area contributed by atoms with Crippen molar-refractivity contribution >= 4 is 52.9 Å². The lowest BCUT2D eigenvalue weighted by Gasteiger charge is -2.33. The molecule has 34 heavy (non-hydrogen) atoms. The number of ether oxygens (including phenoxy) is 2. The minimum Gasteiger partial charge on any atom is -0.379 e. The van der Waals surface area contributed by atoms with E-state index in [0.717, 1.165) is 6.42 Å². The molecule has 5 atom stereocenters. The van der Waals surface area contributed by atoms with Crippen LogP contribution in [0, 0.1) is 17.8 Å². The monoisotopic (exact) mass is 584 g/mol. The van der Waals surface area contributed by atoms with Crippen LogP contribution in [0.25, 0.3) is 0 Å². The fourth-order valence-corrected chi connectivity index (χ4v) is 9.05. The molecule has 1 saturated heterocycles. The van der Waals surface area contributed by atoms with Crippen LogP contribution in [0.5, 0.6) is 0 Å². The van der Waals surface area contributed by atoms with Crippen LogP contribution < -0.4 is 0 Å². The summed E-state index contributed by atoms with van der Waals surface area (Å²) in [5, 5.41) is 0. The van der Waals surface area contributed by atoms with Crippen LogP contribution in [0.15, 0.2) is 0 Å². The van der Waals surface area contributed by atoms with Gasteiger partial charge in [0.15, 0.2) is 0 Å². The van der Waals surface area contributed by atoms with E-state index >= 15 is 0 Å². The van der Waals surface area contributed by atoms with Gasteiger partial charge in [-0.1, -0.05) is 35.4 Å². The van der Waals surface area contributed by atoms with Gasteiger partial charge in [-0.05, 0) is 32.1 Å². The molecule has 0 aromatic carbocycles. The van der Waals surface area contributed by atoms with Crippen molar-refractivity contribution in [3.8, 4) is 12.3 Å². The molecule has 4 N–H and O–H groups in total. The Morgan fingerprint density at radius 3 is 2.29 bits per heavy atom. The van der Waals surface area contributed by atoms with E-state index in [4.69, 9.17) is 25.7 Å². The Kier molecular flexibility index (Phi) is 12.4. The molecule has 0 radical (unpaired) electrons. The van der Waals surface area contributed by atoms with Gasteiger partial charge in [0.05, 0.1) is 12.7 Å². The molecule has 0 saturated carbocycles. The summed E-state index contributed by atoms with van der Waals surface area (Å²) < 4.78 is 57.5. The molecule has 198 valence electrons. The van der Waals surface area contributed by atoms with Gasteiger partial charge in [0.2, 0.25) is 0 Å². The SMILES string of the molecule is B[C@H]1CC(OCSSC(C)(C)CC(C)(C)CC#C)[C@@H](COP(=O)(O)OP(=O)(O)OP(=O)(O)O)O1. The Morgan fingerprint density at radius 2 is 1.74 bits per heavy atom. The van der Waals surface area contributed by atoms with Gasteiger partial charge in [0.1, 0.15) is 19.9 Å². The predicted octanol–water partition coefficient (Wildman–Crippen LogP) is 3.02. The van der Waals surface area contributed by atoms with E-state index < -0.39 is 42.3 Å². The summed E-state index contributed by atoms with van der Waals surface area (Å²) in [5.41, 5.74) is -0.00100. The van der Waals surface area contributed by atoms with E-state index in [0.29, 0.717) is 18.8 Å². The van der Waals surface area contributed by atoms with E-state index in [2.05, 4.69) is 46.8 Å². The van der Waals surface area contributed by atoms with Gasteiger partial charge in [0, 0.05) is 17.2 Å². The highest BCUT2D eigenvalue weighted by Crippen LogP contribution is 2.66. The lowest BCUT2D eigenvalue weighted by atomic mass is 9.81. The standard InChI is InChI=1S/C16H32BO12P3S2/c1-6-7-15(2,3)10-16(4,5)34-33-11-25-12-8-14(17)27-13(12)9-26-31(21,22)29-32(23,24)28-30(18,19)20/h1,12-14H,7-11,17H2,2-5H3,(H,21,22)(H,23,24)(H2,18,19,20)/t12?,13-,14-/m1/s1. The van der Waals surface area contributed by atoms with Crippen molar-refractivity contribution in [2.75, 3.05) is 12.5 Å². The lowest BCUT2D eigenvalue weighted by Crippen LogP contribution is -2.29. The smallest absolute Gasteiger partial charge is 0.379 e. The Morgan fingerprint density at radius 1 is 1.12 bits per heavy atom. The van der Waals surface area contributed by atoms with Crippen LogP contribution in [0.4, 0.5) is 0 Å². The molecule has 12 nitrogen and oxygen atoms in total. The molecule has 0 aliphatic carbocycles. The number of phosphoric ester groups is 1. The van der Waals surface area contributed by atoms with Gasteiger partial charge in [-0.2, -0.15) is 8.62 Å². The number of hydrogen-bond donors (Lipinski definition) is 4. The fourth-order valence-electron chi connectivity index (χ4n) is 3.53. The number of hydrogen-bond acceptors (Lipinski definition) is 10. The van der Waals surface area contributed by atoms with E-state index in [-0.39, 0.29) is 16.2 Å². The minimum absolute atomic E-state index is 0.00100. The quantitative estimate of drug-likeness (QED) is 0.0551. The summed E-state index contributed by atoms with van der Waals surface area (Å²) in [6.07, 6.45) is 6.22. The van der Waals surface area contributed by atoms with Crippen LogP contribution in [0.3, 0.4) is 0 Å². The first-order valence-corrected chi connectivity index (χ1v) is 16.9. The zero-order chi connectivity index (χ0) is 26.4. The van der Waals surface area contributed by atoms with Crippen molar-refractivity contribution < 1.29 is 55.9 Å². The molecule has 1 fully saturated rings. The third-order valence-corrected chi connectivity index (χ3v) is 11.0. The summed E-state index contributed by atoms with van der Waals surface area (Å²) in [6.45, 7) is 7.94. The molecular weight excluding hydrogens is 552 g/mol. The molecule has 1 aliphatic heterocycles. The zero-order valence-electron chi connectivity index (χ0n) is 19.6. The van der Waals surface area contributed by atoms with E-state index in [9.17, 15) is 23.5 Å². The van der Waals surface area contributed by atoms with Crippen LogP contribution in [0.2, 0.25) is 0 Å². The number of rotatable bonds is 15. The van der Waals surface area contributed by atoms with Crippen LogP contribution in [0.1, 0.15) is 47.0 Å². The van der Waals surface area contributed by atoms with Crippen molar-refractivity contribution in [3.05, 3.63) is 0 Å². The van der Waals surface area contributed by atoms with Gasteiger partial charge in [-0.15, -0.1) is 12.3 Å². The van der Waals surface area contributed by atoms with Crippen molar-refractivity contribution in [3.63, 3.8) is 0 Å². The first-order valence-electron chi connectivity index (χ1n) is 10.0. The Bertz CT molecular complexity index is 861. The van der Waals surface area contributed by atoms with Crippen molar-refractivity contribution in [1.82, 2.24) is 0 Å². The Balaban J connectivity index is 2.55. The van der Waals surface area contributed by atoms with Crippen molar-refractivity contribution in [2.24, 2.45) is 5.41 Å². The molecule has 0 bridgehead atoms. The molecule has 1 rings (SSSR count). The summed E-state index contributed by atoms with van der Waals surface area (Å²) in [4.78, 5) is 36.0. The van der Waals surface area contributed by atoms with Gasteiger partial charge < -0.3 is 29.0 Å². The third kappa shape index (κ3) is 13.8. The van der Waals surface area contributed by atoms with Crippen molar-refractivity contribution in [1.29, 1.82) is 0 Å². The third-order valence-electron chi connectivity index (χ3n) is 4.30. The Labute approximate surface area is 208 Å². The summed E-state index contributed by atoms with van der Waals surface area (Å²) in [7, 11) is -11.3. The average molecular weight is 584 g/mol. The van der Waals surface area contributed by atoms with Gasteiger partial charge in [-0.3, -0.25) is 4.52 Å². The topological polar surface area (TPSA) is 178 Å². The largest absolute Gasteiger partial charge is 0.490 e. The molecule has 3 unspecified atom stereocenters. The second-order valence-corrected chi connectivity index (χ2v) is 16.5. The molecule has 18 heteroatoms. The average Bonchev–Trinajstić information content (AvgIpc) is 2.92. The number of terminal acetylenes is 1. The van der Waals surface area contributed by atoms with Crippen LogP contribution in [-0.2, 0) is 36.3 Å². The van der Waals surface area contributed by atoms with Gasteiger partial charge in [-0.25, -0.2) is 13.7 Å². The van der Waals surface area contributed by atoms with E-state index in [1.54, 1.807) is 18.6 Å². The first kappa shape index (κ1) is 32.7. The van der Waals surface area contributed by atoms with E-state index in [1.807, 2.05) is 0 Å². The number of phosphoric acid groups is 3. The first-order chi connectivity index (χ1) is 15.2. The fraction of sp³-hybridized carbons (Fsp3) is 0.875. The molecule has 1 heterocycles. The zero-order valence-corrected chi connectivity index (χ0v) is 23.9. The van der Waals surface area contributed by atoms with E-state index in [1.165, 1.54) is 10.8 Å². The maximum Gasteiger partial charge on any atom is 0.490 e. The molecule has 0 spiro atoms. The highest BCUT2D eigenvalue weighted by Gasteiger charge is 2.42. The maximum atomic E-state index is 11.9. The maximum absolute atomic E-state index is 11.9. The van der Waals surface area contributed by atoms with Crippen molar-refractivity contribution in [2.45, 2.75) is 69.9 Å². The normalized spacial score (nSPS) is 25.4. The molecule has 0 aromatic heterocycles. The summed E-state index contributed by atoms with van der Waals surface area (Å²) in [6, 6.07) is -0.238. The highest BCUT2D eigenvalue weighted by atomic mass is 33.1. The van der Waals surface area contributed by atoms with Gasteiger partial charge >= 0.3 is 23.5 Å². The minimum atomic E-state index is -5.57.